The Morgan fingerprint density at radius 2 is 2.00 bits per heavy atom. The van der Waals surface area contributed by atoms with Gasteiger partial charge >= 0.3 is 5.69 Å². The van der Waals surface area contributed by atoms with Crippen molar-refractivity contribution in [2.24, 2.45) is 0 Å². The van der Waals surface area contributed by atoms with Gasteiger partial charge in [0.2, 0.25) is 0 Å². The summed E-state index contributed by atoms with van der Waals surface area (Å²) in [6, 6.07) is 6.02. The second kappa shape index (κ2) is 7.98. The second-order valence-electron chi connectivity index (χ2n) is 6.36. The summed E-state index contributed by atoms with van der Waals surface area (Å²) in [4.78, 5) is 39.3. The van der Waals surface area contributed by atoms with Gasteiger partial charge in [-0.2, -0.15) is 0 Å². The van der Waals surface area contributed by atoms with E-state index in [9.17, 15) is 22.8 Å². The molecule has 2 aromatic rings. The Balaban J connectivity index is 1.85. The summed E-state index contributed by atoms with van der Waals surface area (Å²) in [7, 11) is -4.35. The van der Waals surface area contributed by atoms with Gasteiger partial charge in [0.25, 0.3) is 21.5 Å². The third-order valence-corrected chi connectivity index (χ3v) is 5.79. The minimum absolute atomic E-state index is 0.0114. The van der Waals surface area contributed by atoms with Gasteiger partial charge in [-0.05, 0) is 31.9 Å². The van der Waals surface area contributed by atoms with E-state index in [2.05, 4.69) is 15.0 Å². The first kappa shape index (κ1) is 19.8. The summed E-state index contributed by atoms with van der Waals surface area (Å²) in [5.41, 5.74) is -1.86. The molecule has 0 radical (unpaired) electrons. The van der Waals surface area contributed by atoms with Crippen molar-refractivity contribution < 1.29 is 17.9 Å². The van der Waals surface area contributed by atoms with Crippen LogP contribution in [0.25, 0.3) is 0 Å². The Morgan fingerprint density at radius 3 is 2.68 bits per heavy atom. The number of aromatic amines is 2. The molecular formula is C17H20N4O6S. The molecule has 3 rings (SSSR count). The number of carbonyl (C=O) groups excluding carboxylic acids is 1. The van der Waals surface area contributed by atoms with E-state index in [0.717, 1.165) is 12.8 Å². The average Bonchev–Trinajstić information content (AvgIpc) is 3.12. The van der Waals surface area contributed by atoms with Crippen molar-refractivity contribution in [1.29, 1.82) is 0 Å². The zero-order valence-electron chi connectivity index (χ0n) is 15.1. The fourth-order valence-corrected chi connectivity index (χ4v) is 4.30. The minimum atomic E-state index is -4.35. The molecule has 150 valence electrons. The highest BCUT2D eigenvalue weighted by atomic mass is 32.2. The number of carbonyl (C=O) groups is 1. The number of benzene rings is 1. The van der Waals surface area contributed by atoms with E-state index in [1.54, 1.807) is 12.1 Å². The number of amides is 1. The van der Waals surface area contributed by atoms with Crippen molar-refractivity contribution >= 4 is 21.6 Å². The average molecular weight is 408 g/mol. The van der Waals surface area contributed by atoms with Gasteiger partial charge in [-0.1, -0.05) is 12.1 Å². The van der Waals surface area contributed by atoms with Crippen LogP contribution in [0.2, 0.25) is 0 Å². The zero-order chi connectivity index (χ0) is 20.3. The molecule has 0 saturated carbocycles. The second-order valence-corrected chi connectivity index (χ2v) is 7.98. The highest BCUT2D eigenvalue weighted by Crippen LogP contribution is 2.20. The van der Waals surface area contributed by atoms with E-state index < -0.39 is 32.1 Å². The van der Waals surface area contributed by atoms with Gasteiger partial charge in [0.05, 0.1) is 17.4 Å². The molecule has 4 N–H and O–H groups in total. The molecule has 10 nitrogen and oxygen atoms in total. The molecule has 11 heteroatoms. The quantitative estimate of drug-likeness (QED) is 0.532. The van der Waals surface area contributed by atoms with Crippen LogP contribution in [0.15, 0.2) is 38.8 Å². The number of sulfonamides is 1. The highest BCUT2D eigenvalue weighted by molar-refractivity contribution is 7.92. The van der Waals surface area contributed by atoms with E-state index in [4.69, 9.17) is 4.74 Å². The first-order valence-electron chi connectivity index (χ1n) is 8.63. The molecule has 28 heavy (non-hydrogen) atoms. The van der Waals surface area contributed by atoms with Crippen LogP contribution in [0.3, 0.4) is 0 Å². The zero-order valence-corrected chi connectivity index (χ0v) is 15.9. The Morgan fingerprint density at radius 1 is 1.25 bits per heavy atom. The van der Waals surface area contributed by atoms with Crippen LogP contribution >= 0.6 is 0 Å². The van der Waals surface area contributed by atoms with Crippen molar-refractivity contribution in [3.63, 3.8) is 0 Å². The Labute approximate surface area is 160 Å². The first-order valence-corrected chi connectivity index (χ1v) is 10.1. The molecule has 0 aliphatic carbocycles. The number of nitrogens with one attached hydrogen (secondary N) is 4. The molecular weight excluding hydrogens is 388 g/mol. The maximum absolute atomic E-state index is 12.7. The standard InChI is InChI=1S/C17H20N4O6S/c1-10-14(16(23)20-17(24)19-10)28(25,26)21-13-7-3-2-6-12(13)15(22)18-9-11-5-4-8-27-11/h2-3,6-7,11,21H,4-5,8-9H2,1H3,(H,18,22)(H2,19,20,23,24)/t11-/m1/s1. The number of rotatable bonds is 6. The van der Waals surface area contributed by atoms with E-state index in [1.807, 2.05) is 4.98 Å². The van der Waals surface area contributed by atoms with Crippen LogP contribution in [0.1, 0.15) is 28.9 Å². The van der Waals surface area contributed by atoms with Gasteiger partial charge in [-0.15, -0.1) is 0 Å². The first-order chi connectivity index (χ1) is 13.3. The smallest absolute Gasteiger partial charge is 0.325 e. The fraction of sp³-hybridized carbons (Fsp3) is 0.353. The van der Waals surface area contributed by atoms with Crippen LogP contribution in [0.4, 0.5) is 5.69 Å². The Hall–Kier alpha value is -2.92. The SMILES string of the molecule is Cc1[nH]c(=O)[nH]c(=O)c1S(=O)(=O)Nc1ccccc1C(=O)NC[C@H]1CCCO1. The van der Waals surface area contributed by atoms with Crippen LogP contribution in [0.5, 0.6) is 0 Å². The summed E-state index contributed by atoms with van der Waals surface area (Å²) >= 11 is 0. The number of hydrogen-bond donors (Lipinski definition) is 4. The summed E-state index contributed by atoms with van der Waals surface area (Å²) < 4.78 is 33.1. The largest absolute Gasteiger partial charge is 0.376 e. The predicted octanol–water partition coefficient (Wildman–Crippen LogP) is 0.0812. The molecule has 1 atom stereocenters. The van der Waals surface area contributed by atoms with Gasteiger partial charge in [0.15, 0.2) is 4.90 Å². The van der Waals surface area contributed by atoms with Gasteiger partial charge < -0.3 is 15.0 Å². The predicted molar refractivity (Wildman–Crippen MR) is 101 cm³/mol. The third-order valence-electron chi connectivity index (χ3n) is 4.27. The number of para-hydroxylation sites is 1. The van der Waals surface area contributed by atoms with Crippen molar-refractivity contribution in [2.45, 2.75) is 30.8 Å². The molecule has 1 saturated heterocycles. The van der Waals surface area contributed by atoms with Gasteiger partial charge in [-0.25, -0.2) is 13.2 Å². The number of hydrogen-bond acceptors (Lipinski definition) is 6. The molecule has 1 aliphatic heterocycles. The molecule has 0 bridgehead atoms. The minimum Gasteiger partial charge on any atom is -0.376 e. The summed E-state index contributed by atoms with van der Waals surface area (Å²) in [6.45, 7) is 2.27. The maximum Gasteiger partial charge on any atom is 0.325 e. The van der Waals surface area contributed by atoms with Gasteiger partial charge in [0, 0.05) is 18.8 Å². The Kier molecular flexibility index (Phi) is 5.66. The van der Waals surface area contributed by atoms with Gasteiger partial charge in [-0.3, -0.25) is 19.3 Å². The van der Waals surface area contributed by atoms with Crippen LogP contribution < -0.4 is 21.3 Å². The lowest BCUT2D eigenvalue weighted by atomic mass is 10.1. The van der Waals surface area contributed by atoms with E-state index >= 15 is 0 Å². The molecule has 1 fully saturated rings. The topological polar surface area (TPSA) is 150 Å². The fourth-order valence-electron chi connectivity index (χ4n) is 2.99. The molecule has 0 unspecified atom stereocenters. The van der Waals surface area contributed by atoms with Crippen LogP contribution in [0, 0.1) is 6.92 Å². The normalized spacial score (nSPS) is 16.7. The number of ether oxygens (including phenoxy) is 1. The van der Waals surface area contributed by atoms with Crippen molar-refractivity contribution in [2.75, 3.05) is 17.9 Å². The number of aromatic nitrogens is 2. The molecule has 1 aliphatic rings. The van der Waals surface area contributed by atoms with Gasteiger partial charge in [0.1, 0.15) is 0 Å². The highest BCUT2D eigenvalue weighted by Gasteiger charge is 2.25. The lowest BCUT2D eigenvalue weighted by Gasteiger charge is -2.14. The van der Waals surface area contributed by atoms with Crippen LogP contribution in [-0.2, 0) is 14.8 Å². The van der Waals surface area contributed by atoms with Crippen LogP contribution in [-0.4, -0.2) is 43.5 Å². The number of aryl methyl sites for hydroxylation is 1. The lowest BCUT2D eigenvalue weighted by molar-refractivity contribution is 0.0858. The number of anilines is 1. The molecule has 1 aromatic heterocycles. The van der Waals surface area contributed by atoms with E-state index in [-0.39, 0.29) is 23.0 Å². The summed E-state index contributed by atoms with van der Waals surface area (Å²) in [5, 5.41) is 2.72. The maximum atomic E-state index is 12.7. The summed E-state index contributed by atoms with van der Waals surface area (Å²) in [5.74, 6) is -0.471. The number of H-pyrrole nitrogens is 2. The molecule has 0 spiro atoms. The summed E-state index contributed by atoms with van der Waals surface area (Å²) in [6.07, 6.45) is 1.72. The molecule has 2 heterocycles. The monoisotopic (exact) mass is 408 g/mol. The third kappa shape index (κ3) is 4.31. The van der Waals surface area contributed by atoms with Crippen molar-refractivity contribution in [3.05, 3.63) is 56.4 Å². The van der Waals surface area contributed by atoms with E-state index in [1.165, 1.54) is 19.1 Å². The van der Waals surface area contributed by atoms with Crippen molar-refractivity contribution in [1.82, 2.24) is 15.3 Å². The molecule has 1 aromatic carbocycles. The van der Waals surface area contributed by atoms with E-state index in [0.29, 0.717) is 13.2 Å². The lowest BCUT2D eigenvalue weighted by Crippen LogP contribution is -2.33. The van der Waals surface area contributed by atoms with Crippen molar-refractivity contribution in [3.8, 4) is 0 Å². The molecule has 1 amide bonds. The Bertz CT molecular complexity index is 1100.